The third-order valence-corrected chi connectivity index (χ3v) is 6.03. The SMILES string of the molecule is Cc1cc(C)n(-c2ccc(CNC(=O)C3CCN(C(=O)c4ccoc4)CC3)c(C(F)(F)F)c2)n1. The molecule has 34 heavy (non-hydrogen) atoms. The first-order chi connectivity index (χ1) is 16.1. The number of nitrogens with zero attached hydrogens (tertiary/aromatic N) is 3. The zero-order chi connectivity index (χ0) is 24.5. The number of amides is 2. The van der Waals surface area contributed by atoms with E-state index in [1.54, 1.807) is 36.9 Å². The number of furan rings is 1. The lowest BCUT2D eigenvalue weighted by Gasteiger charge is -2.31. The Morgan fingerprint density at radius 3 is 2.47 bits per heavy atom. The lowest BCUT2D eigenvalue weighted by molar-refractivity contribution is -0.138. The van der Waals surface area contributed by atoms with Crippen molar-refractivity contribution in [2.75, 3.05) is 13.1 Å². The number of carbonyl (C=O) groups is 2. The second-order valence-electron chi connectivity index (χ2n) is 8.47. The molecule has 1 aliphatic heterocycles. The van der Waals surface area contributed by atoms with Crippen molar-refractivity contribution in [1.29, 1.82) is 0 Å². The van der Waals surface area contributed by atoms with Crippen LogP contribution in [0, 0.1) is 19.8 Å². The van der Waals surface area contributed by atoms with E-state index in [0.717, 1.165) is 11.8 Å². The van der Waals surface area contributed by atoms with Crippen LogP contribution in [0.15, 0.2) is 47.3 Å². The van der Waals surface area contributed by atoms with Crippen LogP contribution in [0.2, 0.25) is 0 Å². The molecule has 3 heterocycles. The molecule has 4 rings (SSSR count). The smallest absolute Gasteiger partial charge is 0.416 e. The molecule has 0 aliphatic carbocycles. The maximum atomic E-state index is 13.8. The van der Waals surface area contributed by atoms with E-state index in [2.05, 4.69) is 10.4 Å². The van der Waals surface area contributed by atoms with E-state index in [1.807, 2.05) is 0 Å². The zero-order valence-corrected chi connectivity index (χ0v) is 18.9. The highest BCUT2D eigenvalue weighted by Crippen LogP contribution is 2.34. The van der Waals surface area contributed by atoms with E-state index in [9.17, 15) is 22.8 Å². The highest BCUT2D eigenvalue weighted by atomic mass is 19.4. The molecule has 1 aromatic carbocycles. The summed E-state index contributed by atoms with van der Waals surface area (Å²) >= 11 is 0. The maximum Gasteiger partial charge on any atom is 0.416 e. The molecule has 7 nitrogen and oxygen atoms in total. The van der Waals surface area contributed by atoms with Gasteiger partial charge in [0.05, 0.1) is 28.8 Å². The number of alkyl halides is 3. The lowest BCUT2D eigenvalue weighted by atomic mass is 9.95. The molecule has 0 unspecified atom stereocenters. The number of hydrogen-bond acceptors (Lipinski definition) is 4. The standard InChI is InChI=1S/C24H25F3N4O3/c1-15-11-16(2)31(29-15)20-4-3-18(21(12-20)24(25,26)27)13-28-22(32)17-5-8-30(9-6-17)23(33)19-7-10-34-14-19/h3-4,7,10-12,14,17H,5-6,8-9,13H2,1-2H3,(H,28,32). The molecule has 2 aromatic heterocycles. The second kappa shape index (κ2) is 9.36. The monoisotopic (exact) mass is 474 g/mol. The van der Waals surface area contributed by atoms with Crippen LogP contribution >= 0.6 is 0 Å². The molecule has 1 N–H and O–H groups in total. The molecule has 1 fully saturated rings. The predicted octanol–water partition coefficient (Wildman–Crippen LogP) is 4.27. The largest absolute Gasteiger partial charge is 0.472 e. The first kappa shape index (κ1) is 23.6. The van der Waals surface area contributed by atoms with Gasteiger partial charge < -0.3 is 14.6 Å². The fourth-order valence-corrected chi connectivity index (χ4v) is 4.24. The Kier molecular flexibility index (Phi) is 6.49. The van der Waals surface area contributed by atoms with Gasteiger partial charge in [-0.15, -0.1) is 0 Å². The molecular weight excluding hydrogens is 449 g/mol. The second-order valence-corrected chi connectivity index (χ2v) is 8.47. The number of aromatic nitrogens is 2. The summed E-state index contributed by atoms with van der Waals surface area (Å²) in [5.74, 6) is -0.840. The molecule has 2 amide bonds. The maximum absolute atomic E-state index is 13.8. The summed E-state index contributed by atoms with van der Waals surface area (Å²) in [5, 5.41) is 6.90. The van der Waals surface area contributed by atoms with E-state index < -0.39 is 11.7 Å². The summed E-state index contributed by atoms with van der Waals surface area (Å²) in [6.07, 6.45) is -0.895. The van der Waals surface area contributed by atoms with Crippen LogP contribution < -0.4 is 5.32 Å². The Balaban J connectivity index is 1.40. The van der Waals surface area contributed by atoms with Crippen molar-refractivity contribution in [2.24, 2.45) is 5.92 Å². The third-order valence-electron chi connectivity index (χ3n) is 6.03. The van der Waals surface area contributed by atoms with Crippen molar-refractivity contribution in [3.63, 3.8) is 0 Å². The molecule has 1 aliphatic rings. The number of nitrogens with one attached hydrogen (secondary N) is 1. The summed E-state index contributed by atoms with van der Waals surface area (Å²) < 4.78 is 47.7. The molecule has 180 valence electrons. The van der Waals surface area contributed by atoms with Gasteiger partial charge in [0, 0.05) is 31.2 Å². The van der Waals surface area contributed by atoms with E-state index >= 15 is 0 Å². The van der Waals surface area contributed by atoms with E-state index in [1.165, 1.54) is 23.3 Å². The van der Waals surface area contributed by atoms with Gasteiger partial charge in [0.25, 0.3) is 5.91 Å². The van der Waals surface area contributed by atoms with Crippen molar-refractivity contribution in [3.8, 4) is 5.69 Å². The van der Waals surface area contributed by atoms with E-state index in [-0.39, 0.29) is 29.8 Å². The minimum absolute atomic E-state index is 0.0151. The highest BCUT2D eigenvalue weighted by molar-refractivity contribution is 5.94. The summed E-state index contributed by atoms with van der Waals surface area (Å²) in [6.45, 7) is 4.10. The average molecular weight is 474 g/mol. The highest BCUT2D eigenvalue weighted by Gasteiger charge is 2.34. The summed E-state index contributed by atoms with van der Waals surface area (Å²) in [7, 11) is 0. The van der Waals surface area contributed by atoms with Gasteiger partial charge in [0.2, 0.25) is 5.91 Å². The van der Waals surface area contributed by atoms with Gasteiger partial charge in [-0.25, -0.2) is 4.68 Å². The Hall–Kier alpha value is -3.56. The van der Waals surface area contributed by atoms with Crippen LogP contribution in [-0.2, 0) is 17.5 Å². The summed E-state index contributed by atoms with van der Waals surface area (Å²) in [4.78, 5) is 26.7. The molecule has 0 saturated carbocycles. The molecule has 10 heteroatoms. The number of benzene rings is 1. The number of halogens is 3. The molecule has 0 bridgehead atoms. The van der Waals surface area contributed by atoms with Crippen molar-refractivity contribution in [2.45, 2.75) is 39.4 Å². The van der Waals surface area contributed by atoms with E-state index in [0.29, 0.717) is 42.9 Å². The molecule has 0 spiro atoms. The number of rotatable bonds is 5. The normalized spacial score (nSPS) is 14.9. The van der Waals surface area contributed by atoms with Crippen LogP contribution in [-0.4, -0.2) is 39.6 Å². The Morgan fingerprint density at radius 1 is 1.15 bits per heavy atom. The van der Waals surface area contributed by atoms with Gasteiger partial charge in [0.1, 0.15) is 6.26 Å². The quantitative estimate of drug-likeness (QED) is 0.599. The molecule has 0 atom stereocenters. The minimum atomic E-state index is -4.58. The van der Waals surface area contributed by atoms with Crippen molar-refractivity contribution in [1.82, 2.24) is 20.0 Å². The van der Waals surface area contributed by atoms with Crippen LogP contribution in [0.1, 0.15) is 45.7 Å². The lowest BCUT2D eigenvalue weighted by Crippen LogP contribution is -2.42. The molecule has 0 radical (unpaired) electrons. The Labute approximate surface area is 194 Å². The molecule has 1 saturated heterocycles. The zero-order valence-electron chi connectivity index (χ0n) is 18.9. The first-order valence-corrected chi connectivity index (χ1v) is 11.0. The first-order valence-electron chi connectivity index (χ1n) is 11.0. The van der Waals surface area contributed by atoms with Gasteiger partial charge in [-0.3, -0.25) is 9.59 Å². The van der Waals surface area contributed by atoms with Gasteiger partial charge in [0.15, 0.2) is 0 Å². The molecular formula is C24H25F3N4O3. The van der Waals surface area contributed by atoms with Crippen molar-refractivity contribution < 1.29 is 27.2 Å². The van der Waals surface area contributed by atoms with Crippen molar-refractivity contribution >= 4 is 11.8 Å². The fourth-order valence-electron chi connectivity index (χ4n) is 4.24. The molecule has 3 aromatic rings. The van der Waals surface area contributed by atoms with Crippen molar-refractivity contribution in [3.05, 3.63) is 70.9 Å². The van der Waals surface area contributed by atoms with Gasteiger partial charge in [-0.05, 0) is 56.5 Å². The number of aryl methyl sites for hydroxylation is 2. The van der Waals surface area contributed by atoms with E-state index in [4.69, 9.17) is 4.42 Å². The average Bonchev–Trinajstić information content (AvgIpc) is 3.46. The number of hydrogen-bond donors (Lipinski definition) is 1. The number of likely N-dealkylation sites (tertiary alicyclic amines) is 1. The van der Waals surface area contributed by atoms with Gasteiger partial charge in [-0.1, -0.05) is 6.07 Å². The Morgan fingerprint density at radius 2 is 1.88 bits per heavy atom. The number of piperidine rings is 1. The van der Waals surface area contributed by atoms with Crippen LogP contribution in [0.25, 0.3) is 5.69 Å². The minimum Gasteiger partial charge on any atom is -0.472 e. The summed E-state index contributed by atoms with van der Waals surface area (Å²) in [5.41, 5.74) is 1.37. The number of carbonyl (C=O) groups excluding carboxylic acids is 2. The van der Waals surface area contributed by atoms with Gasteiger partial charge >= 0.3 is 6.18 Å². The van der Waals surface area contributed by atoms with Crippen LogP contribution in [0.5, 0.6) is 0 Å². The summed E-state index contributed by atoms with van der Waals surface area (Å²) in [6, 6.07) is 7.37. The van der Waals surface area contributed by atoms with Gasteiger partial charge in [-0.2, -0.15) is 18.3 Å². The van der Waals surface area contributed by atoms with Crippen LogP contribution in [0.4, 0.5) is 13.2 Å². The predicted molar refractivity (Wildman–Crippen MR) is 117 cm³/mol. The Bertz CT molecular complexity index is 1180. The fraction of sp³-hybridized carbons (Fsp3) is 0.375. The third kappa shape index (κ3) is 5.00. The van der Waals surface area contributed by atoms with Crippen LogP contribution in [0.3, 0.4) is 0 Å². The topological polar surface area (TPSA) is 80.4 Å².